The Hall–Kier alpha value is -1.94. The second-order valence-corrected chi connectivity index (χ2v) is 5.94. The molecule has 0 atom stereocenters. The quantitative estimate of drug-likeness (QED) is 0.619. The maximum Gasteiger partial charge on any atom is 0.344 e. The first-order valence-corrected chi connectivity index (χ1v) is 7.76. The fourth-order valence-electron chi connectivity index (χ4n) is 2.92. The van der Waals surface area contributed by atoms with Gasteiger partial charge >= 0.3 is 5.97 Å². The molecule has 2 aliphatic carbocycles. The van der Waals surface area contributed by atoms with Gasteiger partial charge in [-0.1, -0.05) is 42.3 Å². The van der Waals surface area contributed by atoms with Crippen molar-refractivity contribution in [2.24, 2.45) is 0 Å². The molecule has 0 spiro atoms. The van der Waals surface area contributed by atoms with E-state index in [4.69, 9.17) is 16.3 Å². The van der Waals surface area contributed by atoms with Crippen molar-refractivity contribution in [3.63, 3.8) is 0 Å². The normalized spacial score (nSPS) is 19.1. The molecule has 0 aromatic heterocycles. The molecule has 22 heavy (non-hydrogen) atoms. The minimum absolute atomic E-state index is 0.196. The van der Waals surface area contributed by atoms with Crippen molar-refractivity contribution >= 4 is 29.1 Å². The minimum Gasteiger partial charge on any atom is -0.459 e. The Kier molecular flexibility index (Phi) is 4.12. The first-order chi connectivity index (χ1) is 10.6. The number of benzene rings is 1. The fraction of sp³-hybridized carbons (Fsp3) is 0.353. The Morgan fingerprint density at radius 3 is 2.23 bits per heavy atom. The number of Topliss-reactive ketones (excluding diaryl/α,β-unsaturated/α-hetero) is 2. The number of fused-ring (bicyclic) bond motifs is 1. The highest BCUT2D eigenvalue weighted by atomic mass is 35.5. The molecule has 1 aromatic rings. The number of esters is 1. The maximum atomic E-state index is 12.5. The molecule has 1 aromatic carbocycles. The van der Waals surface area contributed by atoms with Crippen LogP contribution in [0.15, 0.2) is 34.9 Å². The molecule has 114 valence electrons. The molecule has 0 amide bonds. The molecule has 0 unspecified atom stereocenters. The lowest BCUT2D eigenvalue weighted by Crippen LogP contribution is -2.29. The molecule has 1 fully saturated rings. The summed E-state index contributed by atoms with van der Waals surface area (Å²) < 4.78 is 5.38. The SMILES string of the molecule is O=C(OC1CCCCC1)C1=C(Cl)C(=O)c2ccccc2C1=O. The number of hydrogen-bond donors (Lipinski definition) is 0. The molecule has 2 aliphatic rings. The van der Waals surface area contributed by atoms with E-state index in [1.807, 2.05) is 0 Å². The number of ether oxygens (including phenoxy) is 1. The summed E-state index contributed by atoms with van der Waals surface area (Å²) in [6.07, 6.45) is 4.51. The summed E-state index contributed by atoms with van der Waals surface area (Å²) in [5, 5.41) is -0.343. The number of ketones is 2. The zero-order valence-corrected chi connectivity index (χ0v) is 12.7. The molecule has 0 radical (unpaired) electrons. The number of carbonyl (C=O) groups excluding carboxylic acids is 3. The standard InChI is InChI=1S/C17H15ClO4/c18-14-13(17(21)22-10-6-2-1-3-7-10)15(19)11-8-4-5-9-12(11)16(14)20/h4-5,8-10H,1-3,6-7H2. The largest absolute Gasteiger partial charge is 0.459 e. The van der Waals surface area contributed by atoms with Gasteiger partial charge in [0.15, 0.2) is 0 Å². The van der Waals surface area contributed by atoms with Gasteiger partial charge in [0.2, 0.25) is 11.6 Å². The van der Waals surface area contributed by atoms with Crippen molar-refractivity contribution in [2.45, 2.75) is 38.2 Å². The predicted molar refractivity (Wildman–Crippen MR) is 80.9 cm³/mol. The van der Waals surface area contributed by atoms with Crippen LogP contribution in [0.5, 0.6) is 0 Å². The van der Waals surface area contributed by atoms with Crippen LogP contribution >= 0.6 is 11.6 Å². The number of carbonyl (C=O) groups is 3. The number of halogens is 1. The third-order valence-electron chi connectivity index (χ3n) is 4.09. The fourth-order valence-corrected chi connectivity index (χ4v) is 3.19. The third kappa shape index (κ3) is 2.59. The van der Waals surface area contributed by atoms with E-state index < -0.39 is 17.5 Å². The summed E-state index contributed by atoms with van der Waals surface area (Å²) in [7, 11) is 0. The Bertz CT molecular complexity index is 684. The summed E-state index contributed by atoms with van der Waals surface area (Å²) in [6, 6.07) is 6.35. The molecule has 4 nitrogen and oxygen atoms in total. The van der Waals surface area contributed by atoms with Crippen LogP contribution in [0.4, 0.5) is 0 Å². The van der Waals surface area contributed by atoms with E-state index >= 15 is 0 Å². The van der Waals surface area contributed by atoms with Crippen molar-refractivity contribution in [3.8, 4) is 0 Å². The van der Waals surface area contributed by atoms with Gasteiger partial charge in [-0.15, -0.1) is 0 Å². The minimum atomic E-state index is -0.787. The van der Waals surface area contributed by atoms with Crippen LogP contribution in [0.1, 0.15) is 52.8 Å². The summed E-state index contributed by atoms with van der Waals surface area (Å²) in [5.41, 5.74) is 0.0927. The highest BCUT2D eigenvalue weighted by molar-refractivity contribution is 6.53. The van der Waals surface area contributed by atoms with Crippen LogP contribution < -0.4 is 0 Å². The molecule has 1 saturated carbocycles. The average Bonchev–Trinajstić information content (AvgIpc) is 2.54. The first kappa shape index (κ1) is 15.0. The molecule has 0 heterocycles. The predicted octanol–water partition coefficient (Wildman–Crippen LogP) is 3.43. The Balaban J connectivity index is 1.89. The van der Waals surface area contributed by atoms with Gasteiger partial charge in [0.25, 0.3) is 0 Å². The van der Waals surface area contributed by atoms with E-state index in [0.29, 0.717) is 0 Å². The van der Waals surface area contributed by atoms with Crippen molar-refractivity contribution in [3.05, 3.63) is 46.0 Å². The number of hydrogen-bond acceptors (Lipinski definition) is 4. The van der Waals surface area contributed by atoms with Crippen molar-refractivity contribution in [2.75, 3.05) is 0 Å². The monoisotopic (exact) mass is 318 g/mol. The zero-order chi connectivity index (χ0) is 15.7. The summed E-state index contributed by atoms with van der Waals surface area (Å²) in [6.45, 7) is 0. The van der Waals surface area contributed by atoms with E-state index in [9.17, 15) is 14.4 Å². The maximum absolute atomic E-state index is 12.5. The van der Waals surface area contributed by atoms with E-state index in [1.165, 1.54) is 12.1 Å². The van der Waals surface area contributed by atoms with Crippen molar-refractivity contribution < 1.29 is 19.1 Å². The van der Waals surface area contributed by atoms with Crippen LogP contribution in [0.25, 0.3) is 0 Å². The third-order valence-corrected chi connectivity index (χ3v) is 4.45. The van der Waals surface area contributed by atoms with Gasteiger partial charge in [-0.05, 0) is 25.7 Å². The smallest absolute Gasteiger partial charge is 0.344 e. The molecular weight excluding hydrogens is 304 g/mol. The second kappa shape index (κ2) is 6.05. The zero-order valence-electron chi connectivity index (χ0n) is 11.9. The lowest BCUT2D eigenvalue weighted by atomic mass is 9.89. The van der Waals surface area contributed by atoms with Gasteiger partial charge in [0, 0.05) is 11.1 Å². The van der Waals surface area contributed by atoms with Crippen LogP contribution in [-0.4, -0.2) is 23.6 Å². The lowest BCUT2D eigenvalue weighted by molar-refractivity contribution is -0.145. The van der Waals surface area contributed by atoms with Gasteiger partial charge in [-0.2, -0.15) is 0 Å². The highest BCUT2D eigenvalue weighted by Crippen LogP contribution is 2.30. The molecule has 5 heteroatoms. The number of rotatable bonds is 2. The average molecular weight is 319 g/mol. The van der Waals surface area contributed by atoms with Gasteiger partial charge < -0.3 is 4.74 Å². The Morgan fingerprint density at radius 2 is 1.59 bits per heavy atom. The van der Waals surface area contributed by atoms with Crippen LogP contribution in [0.2, 0.25) is 0 Å². The topological polar surface area (TPSA) is 60.4 Å². The summed E-state index contributed by atoms with van der Waals surface area (Å²) >= 11 is 5.98. The molecule has 0 saturated heterocycles. The highest BCUT2D eigenvalue weighted by Gasteiger charge is 2.36. The molecule has 0 bridgehead atoms. The van der Waals surface area contributed by atoms with E-state index in [0.717, 1.165) is 32.1 Å². The van der Waals surface area contributed by atoms with Crippen LogP contribution in [0.3, 0.4) is 0 Å². The van der Waals surface area contributed by atoms with Crippen LogP contribution in [0, 0.1) is 0 Å². The first-order valence-electron chi connectivity index (χ1n) is 7.39. The molecule has 3 rings (SSSR count). The van der Waals surface area contributed by atoms with E-state index in [2.05, 4.69) is 0 Å². The molecule has 0 N–H and O–H groups in total. The molecule has 0 aliphatic heterocycles. The summed E-state index contributed by atoms with van der Waals surface area (Å²) in [4.78, 5) is 37.0. The van der Waals surface area contributed by atoms with Crippen LogP contribution in [-0.2, 0) is 9.53 Å². The van der Waals surface area contributed by atoms with E-state index in [1.54, 1.807) is 12.1 Å². The molecular formula is C17H15ClO4. The van der Waals surface area contributed by atoms with E-state index in [-0.39, 0.29) is 27.8 Å². The van der Waals surface area contributed by atoms with Crippen molar-refractivity contribution in [1.29, 1.82) is 0 Å². The number of allylic oxidation sites excluding steroid dienone is 1. The second-order valence-electron chi connectivity index (χ2n) is 5.56. The Morgan fingerprint density at radius 1 is 1.00 bits per heavy atom. The van der Waals surface area contributed by atoms with Gasteiger partial charge in [-0.25, -0.2) is 4.79 Å². The van der Waals surface area contributed by atoms with Gasteiger partial charge in [0.1, 0.15) is 16.7 Å². The van der Waals surface area contributed by atoms with Gasteiger partial charge in [-0.3, -0.25) is 9.59 Å². The van der Waals surface area contributed by atoms with Gasteiger partial charge in [0.05, 0.1) is 0 Å². The lowest BCUT2D eigenvalue weighted by Gasteiger charge is -2.23. The summed E-state index contributed by atoms with van der Waals surface area (Å²) in [5.74, 6) is -1.83. The van der Waals surface area contributed by atoms with Crippen molar-refractivity contribution in [1.82, 2.24) is 0 Å². The Labute approximate surface area is 133 Å².